The molecule has 1 fully saturated rings. The molecule has 4 rings (SSSR count). The maximum absolute atomic E-state index is 13.4. The Hall–Kier alpha value is -3.69. The Kier molecular flexibility index (Phi) is 7.18. The summed E-state index contributed by atoms with van der Waals surface area (Å²) >= 11 is 1.46. The van der Waals surface area contributed by atoms with Crippen LogP contribution in [0, 0.1) is 12.7 Å². The largest absolute Gasteiger partial charge is 0.480 e. The van der Waals surface area contributed by atoms with Gasteiger partial charge in [0.1, 0.15) is 23.0 Å². The molecule has 3 N–H and O–H groups in total. The van der Waals surface area contributed by atoms with E-state index in [4.69, 9.17) is 15.6 Å². The van der Waals surface area contributed by atoms with Crippen LogP contribution in [0.5, 0.6) is 5.75 Å². The average Bonchev–Trinajstić information content (AvgIpc) is 3.21. The number of carbonyl (C=O) groups is 3. The van der Waals surface area contributed by atoms with Crippen molar-refractivity contribution >= 4 is 35.3 Å². The van der Waals surface area contributed by atoms with Gasteiger partial charge in [-0.25, -0.2) is 9.18 Å². The zero-order chi connectivity index (χ0) is 25.1. The molecule has 9 heteroatoms. The van der Waals surface area contributed by atoms with E-state index in [9.17, 15) is 18.8 Å². The number of carboxylic acid groups (broad SMARTS) is 1. The molecule has 3 aromatic rings. The molecule has 2 atom stereocenters. The van der Waals surface area contributed by atoms with Crippen molar-refractivity contribution in [3.8, 4) is 5.75 Å². The normalized spacial score (nSPS) is 16.3. The number of carbonyl (C=O) groups excluding carboxylic acids is 2. The molecule has 35 heavy (non-hydrogen) atoms. The van der Waals surface area contributed by atoms with E-state index in [2.05, 4.69) is 0 Å². The van der Waals surface area contributed by atoms with Crippen molar-refractivity contribution in [1.82, 2.24) is 0 Å². The first-order valence-electron chi connectivity index (χ1n) is 10.8. The molecule has 1 aliphatic heterocycles. The van der Waals surface area contributed by atoms with Crippen molar-refractivity contribution in [3.05, 3.63) is 94.8 Å². The molecule has 1 saturated heterocycles. The van der Waals surface area contributed by atoms with E-state index in [0.717, 1.165) is 11.1 Å². The third-order valence-electron chi connectivity index (χ3n) is 5.62. The van der Waals surface area contributed by atoms with Crippen LogP contribution < -0.4 is 15.4 Å². The number of ether oxygens (including phenoxy) is 1. The van der Waals surface area contributed by atoms with Gasteiger partial charge in [-0.3, -0.25) is 14.5 Å². The molecule has 1 amide bonds. The van der Waals surface area contributed by atoms with Crippen molar-refractivity contribution in [2.24, 2.45) is 5.73 Å². The van der Waals surface area contributed by atoms with E-state index in [0.29, 0.717) is 28.3 Å². The fourth-order valence-electron chi connectivity index (χ4n) is 3.81. The van der Waals surface area contributed by atoms with Crippen LogP contribution in [0.2, 0.25) is 0 Å². The van der Waals surface area contributed by atoms with Gasteiger partial charge in [-0.2, -0.15) is 0 Å². The predicted octanol–water partition coefficient (Wildman–Crippen LogP) is 4.09. The number of nitrogens with zero attached hydrogens (tertiary/aromatic N) is 1. The molecule has 180 valence electrons. The first-order valence-corrected chi connectivity index (χ1v) is 11.9. The van der Waals surface area contributed by atoms with Crippen molar-refractivity contribution in [2.45, 2.75) is 24.8 Å². The zero-order valence-corrected chi connectivity index (χ0v) is 19.6. The van der Waals surface area contributed by atoms with Crippen LogP contribution in [0.25, 0.3) is 0 Å². The van der Waals surface area contributed by atoms with Gasteiger partial charge in [0, 0.05) is 5.69 Å². The van der Waals surface area contributed by atoms with Crippen LogP contribution >= 0.6 is 11.8 Å². The molecular formula is C26H23FN2O5S. The van der Waals surface area contributed by atoms with E-state index < -0.39 is 18.0 Å². The van der Waals surface area contributed by atoms with Crippen molar-refractivity contribution in [1.29, 1.82) is 0 Å². The van der Waals surface area contributed by atoms with Gasteiger partial charge in [-0.1, -0.05) is 24.3 Å². The average molecular weight is 495 g/mol. The summed E-state index contributed by atoms with van der Waals surface area (Å²) in [7, 11) is 0. The Morgan fingerprint density at radius 2 is 1.83 bits per heavy atom. The highest BCUT2D eigenvalue weighted by molar-refractivity contribution is 8.00. The summed E-state index contributed by atoms with van der Waals surface area (Å²) in [5, 5.41) is 8.64. The SMILES string of the molecule is Cc1cc(C(=O)Oc2ccc(C[C@H](N)C(=O)O)cc2)ccc1N1C(=O)CSC1c1ccc(F)cc1. The first kappa shape index (κ1) is 24.4. The van der Waals surface area contributed by atoms with Gasteiger partial charge >= 0.3 is 11.9 Å². The Bertz CT molecular complexity index is 1260. The second-order valence-corrected chi connectivity index (χ2v) is 9.23. The lowest BCUT2D eigenvalue weighted by Gasteiger charge is -2.26. The summed E-state index contributed by atoms with van der Waals surface area (Å²) in [6, 6.07) is 16.5. The van der Waals surface area contributed by atoms with Crippen molar-refractivity contribution in [3.63, 3.8) is 0 Å². The predicted molar refractivity (Wildman–Crippen MR) is 131 cm³/mol. The lowest BCUT2D eigenvalue weighted by Crippen LogP contribution is -2.32. The van der Waals surface area contributed by atoms with Crippen molar-refractivity contribution in [2.75, 3.05) is 10.7 Å². The Morgan fingerprint density at radius 3 is 2.46 bits per heavy atom. The number of benzene rings is 3. The monoisotopic (exact) mass is 494 g/mol. The maximum atomic E-state index is 13.4. The number of hydrogen-bond donors (Lipinski definition) is 2. The van der Waals surface area contributed by atoms with Gasteiger partial charge in [0.05, 0.1) is 11.3 Å². The van der Waals surface area contributed by atoms with E-state index in [1.165, 1.54) is 23.9 Å². The summed E-state index contributed by atoms with van der Waals surface area (Å²) in [5.74, 6) is -1.44. The second kappa shape index (κ2) is 10.3. The van der Waals surface area contributed by atoms with Gasteiger partial charge in [0.25, 0.3) is 0 Å². The molecule has 0 spiro atoms. The highest BCUT2D eigenvalue weighted by atomic mass is 32.2. The van der Waals surface area contributed by atoms with Crippen LogP contribution in [-0.2, 0) is 16.0 Å². The highest BCUT2D eigenvalue weighted by Crippen LogP contribution is 2.42. The Morgan fingerprint density at radius 1 is 1.14 bits per heavy atom. The number of anilines is 1. The minimum Gasteiger partial charge on any atom is -0.480 e. The van der Waals surface area contributed by atoms with Crippen LogP contribution in [0.1, 0.15) is 32.4 Å². The number of thioether (sulfide) groups is 1. The van der Waals surface area contributed by atoms with Crippen LogP contribution in [0.4, 0.5) is 10.1 Å². The van der Waals surface area contributed by atoms with E-state index >= 15 is 0 Å². The number of hydrogen-bond acceptors (Lipinski definition) is 6. The first-order chi connectivity index (χ1) is 16.7. The number of rotatable bonds is 7. The number of nitrogens with two attached hydrogens (primary N) is 1. The molecule has 3 aromatic carbocycles. The number of amides is 1. The number of halogens is 1. The van der Waals surface area contributed by atoms with Crippen LogP contribution in [0.15, 0.2) is 66.7 Å². The van der Waals surface area contributed by atoms with Gasteiger partial charge in [-0.15, -0.1) is 11.8 Å². The molecule has 1 unspecified atom stereocenters. The summed E-state index contributed by atoms with van der Waals surface area (Å²) < 4.78 is 18.8. The summed E-state index contributed by atoms with van der Waals surface area (Å²) in [4.78, 5) is 37.9. The van der Waals surface area contributed by atoms with Gasteiger partial charge in [0.2, 0.25) is 5.91 Å². The van der Waals surface area contributed by atoms with Crippen molar-refractivity contribution < 1.29 is 28.6 Å². The molecule has 0 bridgehead atoms. The molecule has 0 aliphatic carbocycles. The quantitative estimate of drug-likeness (QED) is 0.376. The highest BCUT2D eigenvalue weighted by Gasteiger charge is 2.35. The minimum absolute atomic E-state index is 0.0644. The summed E-state index contributed by atoms with van der Waals surface area (Å²) in [6.45, 7) is 1.81. The fraction of sp³-hybridized carbons (Fsp3) is 0.192. The topological polar surface area (TPSA) is 110 Å². The standard InChI is InChI=1S/C26H23FN2O5S/c1-15-12-18(26(33)34-20-9-2-16(3-10-20)13-21(28)25(31)32)6-11-22(15)29-23(30)14-35-24(29)17-4-7-19(27)8-5-17/h2-12,21,24H,13-14,28H2,1H3,(H,31,32)/t21-,24?/m0/s1. The molecule has 0 radical (unpaired) electrons. The number of carboxylic acids is 1. The fourth-order valence-corrected chi connectivity index (χ4v) is 4.98. The van der Waals surface area contributed by atoms with Crippen LogP contribution in [0.3, 0.4) is 0 Å². The van der Waals surface area contributed by atoms with E-state index in [1.807, 2.05) is 6.92 Å². The molecule has 1 aliphatic rings. The minimum atomic E-state index is -1.09. The number of esters is 1. The molecule has 0 aromatic heterocycles. The summed E-state index contributed by atoms with van der Waals surface area (Å²) in [6.07, 6.45) is 0.163. The summed E-state index contributed by atoms with van der Waals surface area (Å²) in [5.41, 5.74) is 8.79. The number of aliphatic carboxylic acids is 1. The lowest BCUT2D eigenvalue weighted by atomic mass is 10.1. The smallest absolute Gasteiger partial charge is 0.343 e. The van der Waals surface area contributed by atoms with Gasteiger partial charge < -0.3 is 15.6 Å². The lowest BCUT2D eigenvalue weighted by molar-refractivity contribution is -0.138. The maximum Gasteiger partial charge on any atom is 0.343 e. The zero-order valence-electron chi connectivity index (χ0n) is 18.8. The van der Waals surface area contributed by atoms with Crippen LogP contribution in [-0.4, -0.2) is 34.7 Å². The Labute approximate surface area is 205 Å². The third kappa shape index (κ3) is 5.52. The molecule has 7 nitrogen and oxygen atoms in total. The molecule has 1 heterocycles. The molecule has 0 saturated carbocycles. The molecular weight excluding hydrogens is 471 g/mol. The van der Waals surface area contributed by atoms with Gasteiger partial charge in [-0.05, 0) is 72.5 Å². The van der Waals surface area contributed by atoms with Gasteiger partial charge in [0.15, 0.2) is 0 Å². The second-order valence-electron chi connectivity index (χ2n) is 8.16. The Balaban J connectivity index is 1.48. The number of aryl methyl sites for hydroxylation is 1. The van der Waals surface area contributed by atoms with E-state index in [1.54, 1.807) is 59.5 Å². The third-order valence-corrected chi connectivity index (χ3v) is 6.83. The van der Waals surface area contributed by atoms with E-state index in [-0.39, 0.29) is 23.5 Å².